The summed E-state index contributed by atoms with van der Waals surface area (Å²) in [6.45, 7) is 6.15. The second kappa shape index (κ2) is 11.7. The van der Waals surface area contributed by atoms with Crippen molar-refractivity contribution in [3.63, 3.8) is 0 Å². The highest BCUT2D eigenvalue weighted by Gasteiger charge is 2.21. The summed E-state index contributed by atoms with van der Waals surface area (Å²) in [7, 11) is 3.26. The molecule has 4 aromatic heterocycles. The van der Waals surface area contributed by atoms with E-state index in [0.29, 0.717) is 35.6 Å². The van der Waals surface area contributed by atoms with E-state index in [1.807, 2.05) is 48.9 Å². The highest BCUT2D eigenvalue weighted by atomic mass is 16.5. The van der Waals surface area contributed by atoms with Gasteiger partial charge in [-0.15, -0.1) is 5.10 Å². The van der Waals surface area contributed by atoms with Crippen LogP contribution < -0.4 is 14.8 Å². The predicted molar refractivity (Wildman–Crippen MR) is 150 cm³/mol. The molecular weight excluding hydrogens is 508 g/mol. The molecule has 0 spiro atoms. The molecule has 11 nitrogen and oxygen atoms in total. The van der Waals surface area contributed by atoms with Gasteiger partial charge in [-0.2, -0.15) is 4.52 Å². The number of aromatic nitrogens is 5. The Morgan fingerprint density at radius 3 is 2.40 bits per heavy atom. The lowest BCUT2D eigenvalue weighted by molar-refractivity contribution is 0.122. The van der Waals surface area contributed by atoms with E-state index in [0.717, 1.165) is 56.0 Å². The Morgan fingerprint density at radius 1 is 0.900 bits per heavy atom. The van der Waals surface area contributed by atoms with Gasteiger partial charge >= 0.3 is 0 Å². The molecule has 0 aliphatic carbocycles. The van der Waals surface area contributed by atoms with Gasteiger partial charge in [0.25, 0.3) is 0 Å². The number of rotatable bonds is 10. The zero-order valence-corrected chi connectivity index (χ0v) is 22.7. The van der Waals surface area contributed by atoms with Crippen molar-refractivity contribution in [2.45, 2.75) is 19.6 Å². The molecular formula is C29H32N8O3. The van der Waals surface area contributed by atoms with E-state index in [-0.39, 0.29) is 0 Å². The van der Waals surface area contributed by atoms with Crippen LogP contribution in [0.15, 0.2) is 71.7 Å². The fraction of sp³-hybridized carbons (Fsp3) is 0.310. The van der Waals surface area contributed by atoms with Crippen LogP contribution in [0, 0.1) is 0 Å². The molecule has 1 aliphatic rings. The SMILES string of the molecule is COc1ccc(CNc2ncc(CN3CCN(Cc4ccncc4)CC3)c3nc(-c4ccco4)nn23)cc1OC. The Balaban J connectivity index is 1.20. The first kappa shape index (κ1) is 25.8. The second-order valence-electron chi connectivity index (χ2n) is 9.71. The number of nitrogens with one attached hydrogen (secondary N) is 1. The number of furan rings is 1. The van der Waals surface area contributed by atoms with Crippen LogP contribution in [0.4, 0.5) is 5.95 Å². The number of hydrogen-bond donors (Lipinski definition) is 1. The van der Waals surface area contributed by atoms with Crippen molar-refractivity contribution in [1.82, 2.24) is 34.4 Å². The molecule has 40 heavy (non-hydrogen) atoms. The van der Waals surface area contributed by atoms with Crippen LogP contribution >= 0.6 is 0 Å². The number of benzene rings is 1. The highest BCUT2D eigenvalue weighted by molar-refractivity contribution is 5.58. The fourth-order valence-electron chi connectivity index (χ4n) is 4.93. The smallest absolute Gasteiger partial charge is 0.226 e. The summed E-state index contributed by atoms with van der Waals surface area (Å²) in [5.41, 5.74) is 4.09. The molecule has 206 valence electrons. The topological polar surface area (TPSA) is 106 Å². The van der Waals surface area contributed by atoms with E-state index < -0.39 is 0 Å². The fourth-order valence-corrected chi connectivity index (χ4v) is 4.93. The Bertz CT molecular complexity index is 1550. The monoisotopic (exact) mass is 540 g/mol. The number of methoxy groups -OCH3 is 2. The van der Waals surface area contributed by atoms with Gasteiger partial charge in [-0.05, 0) is 47.5 Å². The molecule has 5 heterocycles. The summed E-state index contributed by atoms with van der Waals surface area (Å²) < 4.78 is 18.2. The Labute approximate surface area is 232 Å². The van der Waals surface area contributed by atoms with Gasteiger partial charge in [-0.1, -0.05) is 6.07 Å². The lowest BCUT2D eigenvalue weighted by Crippen LogP contribution is -2.45. The molecule has 11 heteroatoms. The van der Waals surface area contributed by atoms with Crippen LogP contribution in [-0.2, 0) is 19.6 Å². The number of hydrogen-bond acceptors (Lipinski definition) is 10. The average molecular weight is 541 g/mol. The molecule has 1 fully saturated rings. The van der Waals surface area contributed by atoms with Crippen molar-refractivity contribution in [3.8, 4) is 23.1 Å². The maximum absolute atomic E-state index is 5.59. The molecule has 0 amide bonds. The Hall–Kier alpha value is -4.48. The van der Waals surface area contributed by atoms with Crippen molar-refractivity contribution >= 4 is 11.6 Å². The molecule has 1 aromatic carbocycles. The van der Waals surface area contributed by atoms with Gasteiger partial charge < -0.3 is 19.2 Å². The van der Waals surface area contributed by atoms with Crippen LogP contribution in [0.5, 0.6) is 11.5 Å². The first-order valence-corrected chi connectivity index (χ1v) is 13.3. The van der Waals surface area contributed by atoms with Crippen molar-refractivity contribution < 1.29 is 13.9 Å². The summed E-state index contributed by atoms with van der Waals surface area (Å²) in [6.07, 6.45) is 7.23. The summed E-state index contributed by atoms with van der Waals surface area (Å²) in [6, 6.07) is 13.7. The number of ether oxygens (including phenoxy) is 2. The summed E-state index contributed by atoms with van der Waals surface area (Å²) >= 11 is 0. The maximum Gasteiger partial charge on any atom is 0.226 e. The summed E-state index contributed by atoms with van der Waals surface area (Å²) in [5.74, 6) is 3.10. The van der Waals surface area contributed by atoms with Crippen molar-refractivity contribution in [2.75, 3.05) is 45.7 Å². The molecule has 0 saturated carbocycles. The van der Waals surface area contributed by atoms with E-state index in [1.54, 1.807) is 25.0 Å². The van der Waals surface area contributed by atoms with Gasteiger partial charge in [0.1, 0.15) is 0 Å². The third-order valence-electron chi connectivity index (χ3n) is 7.09. The zero-order valence-electron chi connectivity index (χ0n) is 22.7. The van der Waals surface area contributed by atoms with Crippen LogP contribution in [0.1, 0.15) is 16.7 Å². The van der Waals surface area contributed by atoms with Crippen molar-refractivity contribution in [3.05, 3.63) is 84.0 Å². The third kappa shape index (κ3) is 5.61. The molecule has 0 atom stereocenters. The van der Waals surface area contributed by atoms with Gasteiger partial charge in [-0.25, -0.2) is 9.97 Å². The van der Waals surface area contributed by atoms with Gasteiger partial charge in [0, 0.05) is 70.0 Å². The molecule has 1 saturated heterocycles. The predicted octanol–water partition coefficient (Wildman–Crippen LogP) is 3.73. The first-order valence-electron chi connectivity index (χ1n) is 13.3. The minimum absolute atomic E-state index is 0.524. The number of nitrogens with zero attached hydrogens (tertiary/aromatic N) is 7. The van der Waals surface area contributed by atoms with Crippen LogP contribution in [0.3, 0.4) is 0 Å². The normalized spacial score (nSPS) is 14.4. The minimum atomic E-state index is 0.524. The van der Waals surface area contributed by atoms with Crippen molar-refractivity contribution in [1.29, 1.82) is 0 Å². The van der Waals surface area contributed by atoms with E-state index in [1.165, 1.54) is 5.56 Å². The van der Waals surface area contributed by atoms with E-state index >= 15 is 0 Å². The Kier molecular flexibility index (Phi) is 7.56. The van der Waals surface area contributed by atoms with Crippen molar-refractivity contribution in [2.24, 2.45) is 0 Å². The quantitative estimate of drug-likeness (QED) is 0.282. The Morgan fingerprint density at radius 2 is 1.68 bits per heavy atom. The molecule has 0 bridgehead atoms. The second-order valence-corrected chi connectivity index (χ2v) is 9.71. The lowest BCUT2D eigenvalue weighted by Gasteiger charge is -2.34. The number of fused-ring (bicyclic) bond motifs is 1. The first-order chi connectivity index (χ1) is 19.7. The van der Waals surface area contributed by atoms with Crippen LogP contribution in [0.25, 0.3) is 17.2 Å². The molecule has 1 aliphatic heterocycles. The third-order valence-corrected chi connectivity index (χ3v) is 7.09. The molecule has 0 radical (unpaired) electrons. The zero-order chi connectivity index (χ0) is 27.3. The number of piperazine rings is 1. The van der Waals surface area contributed by atoms with Crippen LogP contribution in [-0.4, -0.2) is 74.8 Å². The molecule has 1 N–H and O–H groups in total. The largest absolute Gasteiger partial charge is 0.493 e. The lowest BCUT2D eigenvalue weighted by atomic mass is 10.2. The van der Waals surface area contributed by atoms with Gasteiger partial charge in [0.05, 0.1) is 20.5 Å². The highest BCUT2D eigenvalue weighted by Crippen LogP contribution is 2.28. The molecule has 5 aromatic rings. The summed E-state index contributed by atoms with van der Waals surface area (Å²) in [4.78, 5) is 18.6. The maximum atomic E-state index is 5.59. The molecule has 6 rings (SSSR count). The average Bonchev–Trinajstić information content (AvgIpc) is 3.69. The van der Waals surface area contributed by atoms with E-state index in [9.17, 15) is 0 Å². The van der Waals surface area contributed by atoms with Gasteiger partial charge in [0.2, 0.25) is 11.8 Å². The minimum Gasteiger partial charge on any atom is -0.493 e. The summed E-state index contributed by atoms with van der Waals surface area (Å²) in [5, 5.41) is 8.16. The van der Waals surface area contributed by atoms with E-state index in [2.05, 4.69) is 32.2 Å². The number of pyridine rings is 1. The van der Waals surface area contributed by atoms with Gasteiger partial charge in [-0.3, -0.25) is 14.8 Å². The van der Waals surface area contributed by atoms with Crippen LogP contribution in [0.2, 0.25) is 0 Å². The number of anilines is 1. The molecule has 0 unspecified atom stereocenters. The standard InChI is InChI=1S/C29H32N8O3/c1-38-24-6-5-22(16-26(24)39-2)17-31-29-32-18-23(28-33-27(34-37(28)29)25-4-3-15-40-25)20-36-13-11-35(12-14-36)19-21-7-9-30-10-8-21/h3-10,15-16,18H,11-14,17,19-20H2,1-2H3,(H,31,32). The van der Waals surface area contributed by atoms with E-state index in [4.69, 9.17) is 29.0 Å². The van der Waals surface area contributed by atoms with Gasteiger partial charge in [0.15, 0.2) is 22.9 Å².